The molecule has 35 heavy (non-hydrogen) atoms. The summed E-state index contributed by atoms with van der Waals surface area (Å²) in [6.07, 6.45) is 3.70. The first kappa shape index (κ1) is 29.3. The van der Waals surface area contributed by atoms with Gasteiger partial charge in [0.25, 0.3) is 0 Å². The standard InChI is InChI=1S/C23H35ClFN3O6S/c1-23(2,3)34-22(31)28-19(11-15-7-5-4-6-8-15)21(30)26-13-17(29)14-27-35(32,33)20-10-9-16(25)12-18(20)24/h9-10,12,15,17,19,27,29H,4-8,11,13-14H2,1-3H3,(H,26,30)(H,28,31)/t17-,19+/m1/s1. The van der Waals surface area contributed by atoms with E-state index in [1.54, 1.807) is 20.8 Å². The summed E-state index contributed by atoms with van der Waals surface area (Å²) in [4.78, 5) is 24.8. The maximum absolute atomic E-state index is 13.2. The van der Waals surface area contributed by atoms with Crippen molar-refractivity contribution in [3.8, 4) is 0 Å². The van der Waals surface area contributed by atoms with Gasteiger partial charge in [-0.15, -0.1) is 0 Å². The molecular weight excluding hydrogens is 501 g/mol. The number of sulfonamides is 1. The smallest absolute Gasteiger partial charge is 0.408 e. The van der Waals surface area contributed by atoms with Crippen molar-refractivity contribution in [2.45, 2.75) is 81.9 Å². The second-order valence-electron chi connectivity index (χ2n) is 9.76. The summed E-state index contributed by atoms with van der Waals surface area (Å²) in [5, 5.41) is 15.1. The predicted molar refractivity (Wildman–Crippen MR) is 130 cm³/mol. The van der Waals surface area contributed by atoms with Crippen LogP contribution in [0.25, 0.3) is 0 Å². The summed E-state index contributed by atoms with van der Waals surface area (Å²) in [5.74, 6) is -0.893. The summed E-state index contributed by atoms with van der Waals surface area (Å²) in [6, 6.07) is 2.00. The van der Waals surface area contributed by atoms with Crippen LogP contribution in [0.3, 0.4) is 0 Å². The maximum atomic E-state index is 13.2. The van der Waals surface area contributed by atoms with Crippen LogP contribution < -0.4 is 15.4 Å². The summed E-state index contributed by atoms with van der Waals surface area (Å²) in [7, 11) is -4.11. The molecule has 0 heterocycles. The molecule has 0 radical (unpaired) electrons. The van der Waals surface area contributed by atoms with Gasteiger partial charge in [0.15, 0.2) is 0 Å². The molecule has 2 rings (SSSR count). The molecule has 1 aliphatic rings. The first-order chi connectivity index (χ1) is 16.3. The van der Waals surface area contributed by atoms with E-state index in [9.17, 15) is 27.5 Å². The minimum atomic E-state index is -4.11. The molecule has 0 saturated heterocycles. The number of aliphatic hydroxyl groups is 1. The van der Waals surface area contributed by atoms with Crippen LogP contribution in [-0.4, -0.2) is 56.4 Å². The van der Waals surface area contributed by atoms with E-state index in [2.05, 4.69) is 15.4 Å². The van der Waals surface area contributed by atoms with E-state index in [1.807, 2.05) is 0 Å². The van der Waals surface area contributed by atoms with Gasteiger partial charge in [-0.1, -0.05) is 43.7 Å². The number of carbonyl (C=O) groups excluding carboxylic acids is 2. The fourth-order valence-electron chi connectivity index (χ4n) is 3.83. The Labute approximate surface area is 211 Å². The number of ether oxygens (including phenoxy) is 1. The van der Waals surface area contributed by atoms with Crippen molar-refractivity contribution < 1.29 is 32.2 Å². The van der Waals surface area contributed by atoms with Crippen molar-refractivity contribution in [3.05, 3.63) is 29.0 Å². The highest BCUT2D eigenvalue weighted by molar-refractivity contribution is 7.89. The van der Waals surface area contributed by atoms with Crippen LogP contribution in [0.2, 0.25) is 5.02 Å². The number of amides is 2. The second kappa shape index (κ2) is 12.8. The molecule has 2 amide bonds. The number of hydrogen-bond donors (Lipinski definition) is 4. The number of rotatable bonds is 10. The van der Waals surface area contributed by atoms with Gasteiger partial charge in [-0.2, -0.15) is 0 Å². The van der Waals surface area contributed by atoms with Gasteiger partial charge in [-0.3, -0.25) is 4.79 Å². The molecule has 1 saturated carbocycles. The molecule has 0 spiro atoms. The number of nitrogens with one attached hydrogen (secondary N) is 3. The highest BCUT2D eigenvalue weighted by Crippen LogP contribution is 2.27. The molecule has 0 aromatic heterocycles. The van der Waals surface area contributed by atoms with Crippen molar-refractivity contribution in [3.63, 3.8) is 0 Å². The molecule has 1 aromatic rings. The van der Waals surface area contributed by atoms with Gasteiger partial charge < -0.3 is 20.5 Å². The predicted octanol–water partition coefficient (Wildman–Crippen LogP) is 3.10. The first-order valence-electron chi connectivity index (χ1n) is 11.7. The largest absolute Gasteiger partial charge is 0.444 e. The number of aliphatic hydroxyl groups excluding tert-OH is 1. The van der Waals surface area contributed by atoms with Crippen LogP contribution in [0.15, 0.2) is 23.1 Å². The van der Waals surface area contributed by atoms with Crippen molar-refractivity contribution >= 4 is 33.6 Å². The second-order valence-corrected chi connectivity index (χ2v) is 11.9. The maximum Gasteiger partial charge on any atom is 0.408 e. The van der Waals surface area contributed by atoms with E-state index in [1.165, 1.54) is 0 Å². The molecule has 1 aromatic carbocycles. The highest BCUT2D eigenvalue weighted by atomic mass is 35.5. The van der Waals surface area contributed by atoms with Crippen LogP contribution in [-0.2, 0) is 19.6 Å². The molecule has 0 unspecified atom stereocenters. The van der Waals surface area contributed by atoms with E-state index >= 15 is 0 Å². The zero-order valence-electron chi connectivity index (χ0n) is 20.3. The minimum Gasteiger partial charge on any atom is -0.444 e. The molecule has 0 bridgehead atoms. The summed E-state index contributed by atoms with van der Waals surface area (Å²) in [6.45, 7) is 4.50. The lowest BCUT2D eigenvalue weighted by atomic mass is 9.84. The Kier molecular flexibility index (Phi) is 10.7. The third kappa shape index (κ3) is 10.3. The Morgan fingerprint density at radius 1 is 1.20 bits per heavy atom. The van der Waals surface area contributed by atoms with E-state index in [0.717, 1.165) is 50.3 Å². The average molecular weight is 536 g/mol. The average Bonchev–Trinajstić information content (AvgIpc) is 2.74. The molecule has 1 fully saturated rings. The van der Waals surface area contributed by atoms with Crippen molar-refractivity contribution in [1.82, 2.24) is 15.4 Å². The fourth-order valence-corrected chi connectivity index (χ4v) is 5.43. The van der Waals surface area contributed by atoms with E-state index in [0.29, 0.717) is 6.42 Å². The van der Waals surface area contributed by atoms with E-state index < -0.39 is 52.1 Å². The van der Waals surface area contributed by atoms with Crippen LogP contribution in [0.5, 0.6) is 0 Å². The van der Waals surface area contributed by atoms with Crippen LogP contribution >= 0.6 is 11.6 Å². The molecular formula is C23H35ClFN3O6S. The Morgan fingerprint density at radius 2 is 1.86 bits per heavy atom. The Bertz CT molecular complexity index is 980. The summed E-state index contributed by atoms with van der Waals surface area (Å²) < 4.78 is 45.4. The molecule has 1 aliphatic carbocycles. The van der Waals surface area contributed by atoms with Gasteiger partial charge in [-0.25, -0.2) is 22.3 Å². The monoisotopic (exact) mass is 535 g/mol. The molecule has 0 aliphatic heterocycles. The van der Waals surface area contributed by atoms with E-state index in [-0.39, 0.29) is 22.4 Å². The number of benzene rings is 1. The van der Waals surface area contributed by atoms with E-state index in [4.69, 9.17) is 16.3 Å². The highest BCUT2D eigenvalue weighted by Gasteiger charge is 2.28. The lowest BCUT2D eigenvalue weighted by Crippen LogP contribution is -2.51. The Balaban J connectivity index is 1.93. The SMILES string of the molecule is CC(C)(C)OC(=O)N[C@@H](CC1CCCCC1)C(=O)NC[C@@H](O)CNS(=O)(=O)c1ccc(F)cc1Cl. The van der Waals surface area contributed by atoms with Crippen molar-refractivity contribution in [2.24, 2.45) is 5.92 Å². The molecule has 9 nitrogen and oxygen atoms in total. The zero-order chi connectivity index (χ0) is 26.2. The van der Waals surface area contributed by atoms with Gasteiger partial charge >= 0.3 is 6.09 Å². The van der Waals surface area contributed by atoms with Crippen LogP contribution in [0.4, 0.5) is 9.18 Å². The quantitative estimate of drug-likeness (QED) is 0.364. The summed E-state index contributed by atoms with van der Waals surface area (Å²) >= 11 is 5.81. The van der Waals surface area contributed by atoms with Gasteiger partial charge in [0.1, 0.15) is 22.4 Å². The number of halogens is 2. The van der Waals surface area contributed by atoms with Gasteiger partial charge in [0, 0.05) is 13.1 Å². The Hall–Kier alpha value is -1.95. The fraction of sp³-hybridized carbons (Fsp3) is 0.652. The van der Waals surface area contributed by atoms with Gasteiger partial charge in [0.2, 0.25) is 15.9 Å². The van der Waals surface area contributed by atoms with Gasteiger partial charge in [0.05, 0.1) is 11.1 Å². The normalized spacial score (nSPS) is 16.9. The van der Waals surface area contributed by atoms with Crippen molar-refractivity contribution in [1.29, 1.82) is 0 Å². The molecule has 4 N–H and O–H groups in total. The lowest BCUT2D eigenvalue weighted by molar-refractivity contribution is -0.124. The molecule has 12 heteroatoms. The molecule has 198 valence electrons. The number of alkyl carbamates (subject to hydrolysis) is 1. The zero-order valence-corrected chi connectivity index (χ0v) is 21.8. The van der Waals surface area contributed by atoms with Gasteiger partial charge in [-0.05, 0) is 51.3 Å². The first-order valence-corrected chi connectivity index (χ1v) is 13.5. The third-order valence-corrected chi connectivity index (χ3v) is 7.41. The van der Waals surface area contributed by atoms with Crippen LogP contribution in [0, 0.1) is 11.7 Å². The number of carbonyl (C=O) groups is 2. The lowest BCUT2D eigenvalue weighted by Gasteiger charge is -2.28. The van der Waals surface area contributed by atoms with Crippen molar-refractivity contribution in [2.75, 3.05) is 13.1 Å². The van der Waals surface area contributed by atoms with Crippen LogP contribution in [0.1, 0.15) is 59.3 Å². The molecule has 2 atom stereocenters. The third-order valence-electron chi connectivity index (χ3n) is 5.51. The number of hydrogen-bond acceptors (Lipinski definition) is 6. The summed E-state index contributed by atoms with van der Waals surface area (Å²) in [5.41, 5.74) is -0.725. The minimum absolute atomic E-state index is 0.254. The Morgan fingerprint density at radius 3 is 2.46 bits per heavy atom. The topological polar surface area (TPSA) is 134 Å².